The van der Waals surface area contributed by atoms with Gasteiger partial charge in [-0.15, -0.1) is 0 Å². The monoisotopic (exact) mass is 497 g/mol. The smallest absolute Gasteiger partial charge is 0.303 e. The van der Waals surface area contributed by atoms with Crippen LogP contribution in [0.3, 0.4) is 0 Å². The zero-order chi connectivity index (χ0) is 25.4. The van der Waals surface area contributed by atoms with Crippen LogP contribution >= 0.6 is 11.6 Å². The second kappa shape index (κ2) is 12.5. The molecule has 0 saturated heterocycles. The first-order chi connectivity index (χ1) is 16.8. The Morgan fingerprint density at radius 1 is 1.23 bits per heavy atom. The van der Waals surface area contributed by atoms with E-state index in [1.165, 1.54) is 0 Å². The van der Waals surface area contributed by atoms with E-state index in [4.69, 9.17) is 30.7 Å². The fraction of sp³-hybridized carbons (Fsp3) is 0.357. The first-order valence-electron chi connectivity index (χ1n) is 11.8. The molecule has 0 bridgehead atoms. The average Bonchev–Trinajstić information content (AvgIpc) is 3.18. The summed E-state index contributed by atoms with van der Waals surface area (Å²) in [7, 11) is 0. The molecule has 0 aliphatic rings. The summed E-state index contributed by atoms with van der Waals surface area (Å²) in [5.41, 5.74) is 4.47. The van der Waals surface area contributed by atoms with Gasteiger partial charge in [-0.2, -0.15) is 0 Å². The Morgan fingerprint density at radius 3 is 2.74 bits per heavy atom. The van der Waals surface area contributed by atoms with Crippen molar-refractivity contribution in [1.82, 2.24) is 5.16 Å². The molecular weight excluding hydrogens is 466 g/mol. The van der Waals surface area contributed by atoms with Crippen LogP contribution in [-0.2, 0) is 11.2 Å². The number of hydrogen-bond donors (Lipinski definition) is 1. The Hall–Kier alpha value is -3.25. The van der Waals surface area contributed by atoms with E-state index in [2.05, 4.69) is 12.1 Å². The van der Waals surface area contributed by atoms with Gasteiger partial charge in [0.1, 0.15) is 17.2 Å². The van der Waals surface area contributed by atoms with Gasteiger partial charge in [0.2, 0.25) is 0 Å². The third kappa shape index (κ3) is 7.36. The Labute approximate surface area is 211 Å². The molecule has 35 heavy (non-hydrogen) atoms. The Bertz CT molecular complexity index is 1180. The lowest BCUT2D eigenvalue weighted by Gasteiger charge is -2.18. The lowest BCUT2D eigenvalue weighted by Crippen LogP contribution is -2.16. The van der Waals surface area contributed by atoms with Crippen molar-refractivity contribution in [2.75, 3.05) is 6.61 Å². The van der Waals surface area contributed by atoms with Gasteiger partial charge in [0, 0.05) is 29.0 Å². The van der Waals surface area contributed by atoms with Gasteiger partial charge in [0.25, 0.3) is 0 Å². The van der Waals surface area contributed by atoms with Crippen molar-refractivity contribution >= 4 is 23.6 Å². The van der Waals surface area contributed by atoms with E-state index in [1.807, 2.05) is 63.3 Å². The van der Waals surface area contributed by atoms with Gasteiger partial charge in [-0.3, -0.25) is 4.79 Å². The third-order valence-electron chi connectivity index (χ3n) is 5.71. The van der Waals surface area contributed by atoms with Gasteiger partial charge in [-0.1, -0.05) is 35.8 Å². The zero-order valence-electron chi connectivity index (χ0n) is 20.6. The number of carboxylic acid groups (broad SMARTS) is 1. The number of aromatic nitrogens is 1. The summed E-state index contributed by atoms with van der Waals surface area (Å²) in [6, 6.07) is 11.2. The van der Waals surface area contributed by atoms with Crippen LogP contribution in [0.2, 0.25) is 5.02 Å². The van der Waals surface area contributed by atoms with Crippen LogP contribution in [0.1, 0.15) is 55.6 Å². The molecular formula is C28H32ClNO5. The van der Waals surface area contributed by atoms with E-state index >= 15 is 0 Å². The van der Waals surface area contributed by atoms with Crippen LogP contribution in [-0.4, -0.2) is 28.9 Å². The molecule has 0 fully saturated rings. The average molecular weight is 498 g/mol. The molecule has 6 nitrogen and oxygen atoms in total. The fourth-order valence-electron chi connectivity index (χ4n) is 3.67. The van der Waals surface area contributed by atoms with Crippen molar-refractivity contribution in [2.24, 2.45) is 0 Å². The van der Waals surface area contributed by atoms with Crippen molar-refractivity contribution in [3.63, 3.8) is 0 Å². The molecule has 2 aromatic carbocycles. The largest absolute Gasteiger partial charge is 0.493 e. The van der Waals surface area contributed by atoms with Crippen LogP contribution in [0.4, 0.5) is 0 Å². The number of halogens is 1. The fourth-order valence-corrected chi connectivity index (χ4v) is 3.84. The van der Waals surface area contributed by atoms with E-state index in [1.54, 1.807) is 6.07 Å². The van der Waals surface area contributed by atoms with Gasteiger partial charge in [-0.05, 0) is 81.1 Å². The summed E-state index contributed by atoms with van der Waals surface area (Å²) in [6.07, 6.45) is 6.05. The van der Waals surface area contributed by atoms with Crippen molar-refractivity contribution in [3.05, 3.63) is 69.9 Å². The summed E-state index contributed by atoms with van der Waals surface area (Å²) in [4.78, 5) is 10.8. The number of carbonyl (C=O) groups is 1. The minimum absolute atomic E-state index is 0.113. The molecule has 186 valence electrons. The lowest BCUT2D eigenvalue weighted by molar-refractivity contribution is -0.136. The topological polar surface area (TPSA) is 81.8 Å². The highest BCUT2D eigenvalue weighted by atomic mass is 35.5. The first-order valence-corrected chi connectivity index (χ1v) is 12.2. The van der Waals surface area contributed by atoms with E-state index in [9.17, 15) is 4.79 Å². The third-order valence-corrected chi connectivity index (χ3v) is 5.94. The first kappa shape index (κ1) is 26.4. The summed E-state index contributed by atoms with van der Waals surface area (Å²) in [6.45, 7) is 8.47. The van der Waals surface area contributed by atoms with Crippen molar-refractivity contribution in [1.29, 1.82) is 0 Å². The maximum atomic E-state index is 10.8. The maximum absolute atomic E-state index is 10.8. The summed E-state index contributed by atoms with van der Waals surface area (Å²) >= 11 is 6.28. The standard InChI is InChI=1S/C28H32ClNO5/c1-5-6-7-25-20(4)28(30-35-25)24-17-22(29)10-12-26(24)34-19(3)14-15-33-23-11-8-21(18(2)16-23)9-13-27(31)32/h6-8,10-12,16-17,19H,5,9,13-15H2,1-4H3,(H,31,32)/b7-6-. The molecule has 0 spiro atoms. The quantitative estimate of drug-likeness (QED) is 0.283. The Balaban J connectivity index is 1.62. The molecule has 1 N–H and O–H groups in total. The molecule has 1 unspecified atom stereocenters. The SMILES string of the molecule is CC/C=C\c1onc(-c2cc(Cl)ccc2OC(C)CCOc2ccc(CCC(=O)O)c(C)c2)c1C. The minimum Gasteiger partial charge on any atom is -0.493 e. The molecule has 3 aromatic rings. The van der Waals surface area contributed by atoms with E-state index in [0.717, 1.165) is 40.2 Å². The Morgan fingerprint density at radius 2 is 2.03 bits per heavy atom. The van der Waals surface area contributed by atoms with Crippen LogP contribution < -0.4 is 9.47 Å². The molecule has 0 saturated carbocycles. The highest BCUT2D eigenvalue weighted by Crippen LogP contribution is 2.36. The highest BCUT2D eigenvalue weighted by molar-refractivity contribution is 6.31. The summed E-state index contributed by atoms with van der Waals surface area (Å²) in [5, 5.41) is 13.7. The second-order valence-electron chi connectivity index (χ2n) is 8.52. The number of aryl methyl sites for hydroxylation is 2. The van der Waals surface area contributed by atoms with E-state index in [-0.39, 0.29) is 12.5 Å². The van der Waals surface area contributed by atoms with Gasteiger partial charge in [0.15, 0.2) is 5.76 Å². The lowest BCUT2D eigenvalue weighted by atomic mass is 10.0. The molecule has 0 amide bonds. The van der Waals surface area contributed by atoms with Gasteiger partial charge < -0.3 is 19.1 Å². The molecule has 1 heterocycles. The zero-order valence-corrected chi connectivity index (χ0v) is 21.4. The molecule has 0 aliphatic carbocycles. The predicted octanol–water partition coefficient (Wildman–Crippen LogP) is 7.29. The number of nitrogens with zero attached hydrogens (tertiary/aromatic N) is 1. The highest BCUT2D eigenvalue weighted by Gasteiger charge is 2.18. The number of aliphatic carboxylic acids is 1. The van der Waals surface area contributed by atoms with Gasteiger partial charge >= 0.3 is 5.97 Å². The molecule has 1 aromatic heterocycles. The number of rotatable bonds is 12. The van der Waals surface area contributed by atoms with Crippen LogP contribution in [0.15, 0.2) is 47.0 Å². The number of ether oxygens (including phenoxy) is 2. The van der Waals surface area contributed by atoms with Gasteiger partial charge in [-0.25, -0.2) is 0 Å². The normalized spacial score (nSPS) is 12.1. The van der Waals surface area contributed by atoms with Gasteiger partial charge in [0.05, 0.1) is 12.7 Å². The number of allylic oxidation sites excluding steroid dienone is 1. The second-order valence-corrected chi connectivity index (χ2v) is 8.96. The van der Waals surface area contributed by atoms with E-state index in [0.29, 0.717) is 35.9 Å². The molecule has 7 heteroatoms. The maximum Gasteiger partial charge on any atom is 0.303 e. The minimum atomic E-state index is -0.796. The molecule has 0 aliphatic heterocycles. The number of carboxylic acids is 1. The van der Waals surface area contributed by atoms with Crippen molar-refractivity contribution < 1.29 is 23.9 Å². The predicted molar refractivity (Wildman–Crippen MR) is 138 cm³/mol. The summed E-state index contributed by atoms with van der Waals surface area (Å²) < 4.78 is 17.7. The Kier molecular flexibility index (Phi) is 9.38. The van der Waals surface area contributed by atoms with Crippen molar-refractivity contribution in [2.45, 2.75) is 59.5 Å². The molecule has 1 atom stereocenters. The summed E-state index contributed by atoms with van der Waals surface area (Å²) in [5.74, 6) is 1.36. The van der Waals surface area contributed by atoms with Crippen molar-refractivity contribution in [3.8, 4) is 22.8 Å². The molecule has 3 rings (SSSR count). The number of hydrogen-bond acceptors (Lipinski definition) is 5. The van der Waals surface area contributed by atoms with Crippen LogP contribution in [0.25, 0.3) is 17.3 Å². The van der Waals surface area contributed by atoms with Crippen LogP contribution in [0, 0.1) is 13.8 Å². The molecule has 0 radical (unpaired) electrons. The number of benzene rings is 2. The van der Waals surface area contributed by atoms with Crippen LogP contribution in [0.5, 0.6) is 11.5 Å². The van der Waals surface area contributed by atoms with E-state index < -0.39 is 5.97 Å².